The summed E-state index contributed by atoms with van der Waals surface area (Å²) in [5, 5.41) is 3.66. The van der Waals surface area contributed by atoms with Crippen LogP contribution in [-0.2, 0) is 32.6 Å². The molecule has 7 nitrogen and oxygen atoms in total. The third-order valence-corrected chi connectivity index (χ3v) is 8.04. The molecular weight excluding hydrogens is 569 g/mol. The highest BCUT2D eigenvalue weighted by Gasteiger charge is 2.34. The van der Waals surface area contributed by atoms with Crippen LogP contribution in [0, 0.1) is 6.92 Å². The number of para-hydroxylation sites is 1. The van der Waals surface area contributed by atoms with Gasteiger partial charge >= 0.3 is 0 Å². The van der Waals surface area contributed by atoms with Crippen molar-refractivity contribution in [3.8, 4) is 0 Å². The number of nitrogens with one attached hydrogen (secondary N) is 1. The van der Waals surface area contributed by atoms with Gasteiger partial charge in [-0.25, -0.2) is 8.42 Å². The van der Waals surface area contributed by atoms with E-state index in [1.54, 1.807) is 49.4 Å². The average molecular weight is 605 g/mol. The minimum Gasteiger partial charge on any atom is -0.350 e. The molecule has 0 fully saturated rings. The van der Waals surface area contributed by atoms with Gasteiger partial charge in [-0.15, -0.1) is 0 Å². The van der Waals surface area contributed by atoms with E-state index in [0.717, 1.165) is 16.1 Å². The van der Waals surface area contributed by atoms with Crippen molar-refractivity contribution in [2.75, 3.05) is 17.1 Å². The highest BCUT2D eigenvalue weighted by atomic mass is 35.5. The molecule has 0 spiro atoms. The number of hydrogen-bond acceptors (Lipinski definition) is 4. The number of aryl methyl sites for hydroxylation is 1. The molecule has 0 aliphatic rings. The zero-order valence-corrected chi connectivity index (χ0v) is 25.6. The fraction of sp³-hybridized carbons (Fsp3) is 0.333. The SMILES string of the molecule is Cc1ccccc1N(CC(=O)N(Cc1ccc(Cl)c(Cl)c1)[C@H](Cc1ccccc1)C(=O)NC(C)(C)C)S(C)(=O)=O. The Hall–Kier alpha value is -3.07. The van der Waals surface area contributed by atoms with E-state index >= 15 is 0 Å². The lowest BCUT2D eigenvalue weighted by molar-refractivity contribution is -0.140. The first-order chi connectivity index (χ1) is 18.7. The number of nitrogens with zero attached hydrogens (tertiary/aromatic N) is 2. The molecule has 1 N–H and O–H groups in total. The van der Waals surface area contributed by atoms with Crippen LogP contribution in [0.15, 0.2) is 72.8 Å². The summed E-state index contributed by atoms with van der Waals surface area (Å²) in [5.41, 5.74) is 2.02. The maximum Gasteiger partial charge on any atom is 0.244 e. The molecule has 0 saturated carbocycles. The van der Waals surface area contributed by atoms with Gasteiger partial charge in [-0.2, -0.15) is 0 Å². The molecule has 1 atom stereocenters. The predicted octanol–water partition coefficient (Wildman–Crippen LogP) is 5.62. The molecule has 2 amide bonds. The van der Waals surface area contributed by atoms with Crippen LogP contribution in [0.3, 0.4) is 0 Å². The van der Waals surface area contributed by atoms with Crippen LogP contribution in [0.25, 0.3) is 0 Å². The Morgan fingerprint density at radius 1 is 0.900 bits per heavy atom. The standard InChI is InChI=1S/C30H35Cl2N3O4S/c1-21-11-9-10-14-26(21)35(40(5,38)39)20-28(36)34(19-23-15-16-24(31)25(32)17-23)27(29(37)33-30(2,3)4)18-22-12-7-6-8-13-22/h6-17,27H,18-20H2,1-5H3,(H,33,37)/t27-/m1/s1. The number of benzene rings is 3. The van der Waals surface area contributed by atoms with E-state index in [1.165, 1.54) is 4.90 Å². The average Bonchev–Trinajstić information content (AvgIpc) is 2.86. The summed E-state index contributed by atoms with van der Waals surface area (Å²) in [4.78, 5) is 29.3. The first kappa shape index (κ1) is 31.5. The Labute approximate surface area is 247 Å². The van der Waals surface area contributed by atoms with Crippen LogP contribution in [0.1, 0.15) is 37.5 Å². The summed E-state index contributed by atoms with van der Waals surface area (Å²) in [7, 11) is -3.84. The van der Waals surface area contributed by atoms with E-state index in [9.17, 15) is 18.0 Å². The third kappa shape index (κ3) is 8.71. The second-order valence-corrected chi connectivity index (χ2v) is 13.5. The minimum atomic E-state index is -3.84. The molecular formula is C30H35Cl2N3O4S. The molecule has 3 aromatic rings. The number of carbonyl (C=O) groups excluding carboxylic acids is 2. The fourth-order valence-corrected chi connectivity index (χ4v) is 5.51. The monoisotopic (exact) mass is 603 g/mol. The normalized spacial score (nSPS) is 12.5. The van der Waals surface area contributed by atoms with E-state index in [-0.39, 0.29) is 18.9 Å². The number of hydrogen-bond donors (Lipinski definition) is 1. The lowest BCUT2D eigenvalue weighted by Crippen LogP contribution is -2.56. The summed E-state index contributed by atoms with van der Waals surface area (Å²) in [6.07, 6.45) is 1.28. The van der Waals surface area contributed by atoms with Gasteiger partial charge in [0.25, 0.3) is 0 Å². The van der Waals surface area contributed by atoms with Gasteiger partial charge in [0.15, 0.2) is 0 Å². The van der Waals surface area contributed by atoms with Gasteiger partial charge < -0.3 is 10.2 Å². The molecule has 0 bridgehead atoms. The van der Waals surface area contributed by atoms with Gasteiger partial charge in [-0.3, -0.25) is 13.9 Å². The first-order valence-corrected chi connectivity index (χ1v) is 15.4. The van der Waals surface area contributed by atoms with Crippen LogP contribution in [0.2, 0.25) is 10.0 Å². The van der Waals surface area contributed by atoms with Crippen LogP contribution in [0.4, 0.5) is 5.69 Å². The van der Waals surface area contributed by atoms with E-state index in [1.807, 2.05) is 51.1 Å². The van der Waals surface area contributed by atoms with E-state index in [0.29, 0.717) is 26.9 Å². The highest BCUT2D eigenvalue weighted by Crippen LogP contribution is 2.26. The molecule has 214 valence electrons. The maximum atomic E-state index is 14.1. The number of anilines is 1. The van der Waals surface area contributed by atoms with Crippen molar-refractivity contribution < 1.29 is 18.0 Å². The molecule has 3 aromatic carbocycles. The van der Waals surface area contributed by atoms with Gasteiger partial charge in [0.2, 0.25) is 21.8 Å². The Morgan fingerprint density at radius 3 is 2.10 bits per heavy atom. The molecule has 0 heterocycles. The van der Waals surface area contributed by atoms with Crippen molar-refractivity contribution >= 4 is 50.7 Å². The van der Waals surface area contributed by atoms with Crippen molar-refractivity contribution in [2.24, 2.45) is 0 Å². The highest BCUT2D eigenvalue weighted by molar-refractivity contribution is 7.92. The summed E-state index contributed by atoms with van der Waals surface area (Å²) >= 11 is 12.4. The molecule has 0 aromatic heterocycles. The Kier molecular flexibility index (Phi) is 10.3. The molecule has 0 aliphatic heterocycles. The number of halogens is 2. The van der Waals surface area contributed by atoms with E-state index < -0.39 is 34.1 Å². The Morgan fingerprint density at radius 2 is 1.52 bits per heavy atom. The zero-order chi connectivity index (χ0) is 29.7. The molecule has 40 heavy (non-hydrogen) atoms. The number of carbonyl (C=O) groups is 2. The van der Waals surface area contributed by atoms with Crippen molar-refractivity contribution in [1.82, 2.24) is 10.2 Å². The van der Waals surface area contributed by atoms with Gasteiger partial charge in [-0.1, -0.05) is 77.8 Å². The van der Waals surface area contributed by atoms with Gasteiger partial charge in [-0.05, 0) is 62.6 Å². The quantitative estimate of drug-likeness (QED) is 0.326. The van der Waals surface area contributed by atoms with E-state index in [4.69, 9.17) is 23.2 Å². The summed E-state index contributed by atoms with van der Waals surface area (Å²) in [6, 6.07) is 20.4. The van der Waals surface area contributed by atoms with Crippen molar-refractivity contribution in [3.63, 3.8) is 0 Å². The van der Waals surface area contributed by atoms with Crippen molar-refractivity contribution in [3.05, 3.63) is 99.5 Å². The Balaban J connectivity index is 2.10. The van der Waals surface area contributed by atoms with Gasteiger partial charge in [0.1, 0.15) is 12.6 Å². The summed E-state index contributed by atoms with van der Waals surface area (Å²) in [6.45, 7) is 6.88. The van der Waals surface area contributed by atoms with Gasteiger partial charge in [0.05, 0.1) is 22.0 Å². The molecule has 0 radical (unpaired) electrons. The topological polar surface area (TPSA) is 86.8 Å². The molecule has 0 saturated heterocycles. The zero-order valence-electron chi connectivity index (χ0n) is 23.3. The van der Waals surface area contributed by atoms with Crippen LogP contribution in [0.5, 0.6) is 0 Å². The minimum absolute atomic E-state index is 0.0101. The fourth-order valence-electron chi connectivity index (χ4n) is 4.28. The predicted molar refractivity (Wildman–Crippen MR) is 162 cm³/mol. The van der Waals surface area contributed by atoms with Crippen molar-refractivity contribution in [1.29, 1.82) is 0 Å². The van der Waals surface area contributed by atoms with Gasteiger partial charge in [0, 0.05) is 18.5 Å². The largest absolute Gasteiger partial charge is 0.350 e. The second kappa shape index (κ2) is 13.1. The van der Waals surface area contributed by atoms with E-state index in [2.05, 4.69) is 5.32 Å². The smallest absolute Gasteiger partial charge is 0.244 e. The third-order valence-electron chi connectivity index (χ3n) is 6.17. The maximum absolute atomic E-state index is 14.1. The lowest BCUT2D eigenvalue weighted by Gasteiger charge is -2.35. The Bertz CT molecular complexity index is 1460. The van der Waals surface area contributed by atoms with Crippen LogP contribution in [-0.4, -0.2) is 49.5 Å². The number of amides is 2. The lowest BCUT2D eigenvalue weighted by atomic mass is 10.0. The molecule has 3 rings (SSSR count). The van der Waals surface area contributed by atoms with Crippen molar-refractivity contribution in [2.45, 2.75) is 52.2 Å². The number of sulfonamides is 1. The summed E-state index contributed by atoms with van der Waals surface area (Å²) < 4.78 is 26.9. The first-order valence-electron chi connectivity index (χ1n) is 12.8. The molecule has 0 unspecified atom stereocenters. The molecule has 0 aliphatic carbocycles. The second-order valence-electron chi connectivity index (χ2n) is 10.8. The molecule has 10 heteroatoms. The number of rotatable bonds is 10. The summed E-state index contributed by atoms with van der Waals surface area (Å²) in [5.74, 6) is -0.892. The van der Waals surface area contributed by atoms with Crippen LogP contribution >= 0.6 is 23.2 Å². The van der Waals surface area contributed by atoms with Crippen LogP contribution < -0.4 is 9.62 Å².